The van der Waals surface area contributed by atoms with E-state index in [0.717, 1.165) is 43.2 Å². The van der Waals surface area contributed by atoms with Crippen LogP contribution < -0.4 is 0 Å². The van der Waals surface area contributed by atoms with Crippen molar-refractivity contribution in [2.45, 2.75) is 32.2 Å². The van der Waals surface area contributed by atoms with Gasteiger partial charge >= 0.3 is 0 Å². The molecule has 0 atom stereocenters. The predicted molar refractivity (Wildman–Crippen MR) is 103 cm³/mol. The number of hydrogen-bond donors (Lipinski definition) is 0. The average Bonchev–Trinajstić information content (AvgIpc) is 3.31. The smallest absolute Gasteiger partial charge is 0.263 e. The molecule has 1 amide bonds. The number of rotatable bonds is 4. The van der Waals surface area contributed by atoms with Crippen molar-refractivity contribution in [2.24, 2.45) is 0 Å². The molecule has 0 spiro atoms. The first-order chi connectivity index (χ1) is 12.7. The van der Waals surface area contributed by atoms with Crippen LogP contribution in [0.4, 0.5) is 0 Å². The Morgan fingerprint density at radius 2 is 2.08 bits per heavy atom. The summed E-state index contributed by atoms with van der Waals surface area (Å²) in [6, 6.07) is 8.00. The van der Waals surface area contributed by atoms with Crippen molar-refractivity contribution in [3.05, 3.63) is 70.2 Å². The maximum atomic E-state index is 12.6. The number of imidazole rings is 1. The molecule has 1 aliphatic heterocycles. The van der Waals surface area contributed by atoms with E-state index >= 15 is 0 Å². The van der Waals surface area contributed by atoms with Crippen LogP contribution in [-0.4, -0.2) is 38.4 Å². The lowest BCUT2D eigenvalue weighted by Crippen LogP contribution is -2.38. The lowest BCUT2D eigenvalue weighted by Gasteiger charge is -2.31. The normalized spacial score (nSPS) is 15.3. The molecular weight excluding hydrogens is 344 g/mol. The van der Waals surface area contributed by atoms with E-state index in [-0.39, 0.29) is 5.91 Å². The van der Waals surface area contributed by atoms with Crippen molar-refractivity contribution in [3.63, 3.8) is 0 Å². The molecule has 0 radical (unpaired) electrons. The molecule has 0 saturated carbocycles. The van der Waals surface area contributed by atoms with Crippen LogP contribution in [0, 0.1) is 6.92 Å². The third-order valence-electron chi connectivity index (χ3n) is 4.92. The van der Waals surface area contributed by atoms with Crippen LogP contribution >= 0.6 is 11.3 Å². The van der Waals surface area contributed by atoms with Gasteiger partial charge in [0, 0.05) is 48.7 Å². The quantitative estimate of drug-likeness (QED) is 0.707. The summed E-state index contributed by atoms with van der Waals surface area (Å²) in [5, 5.41) is 0. The van der Waals surface area contributed by atoms with E-state index in [0.29, 0.717) is 5.92 Å². The van der Waals surface area contributed by atoms with Crippen LogP contribution in [0.1, 0.15) is 44.7 Å². The Morgan fingerprint density at radius 1 is 1.23 bits per heavy atom. The summed E-state index contributed by atoms with van der Waals surface area (Å²) in [5.74, 6) is 1.68. The molecule has 0 aliphatic carbocycles. The first kappa shape index (κ1) is 17.0. The molecule has 0 aromatic carbocycles. The number of nitrogens with zero attached hydrogens (tertiary/aromatic N) is 4. The van der Waals surface area contributed by atoms with Gasteiger partial charge < -0.3 is 9.47 Å². The third-order valence-corrected chi connectivity index (χ3v) is 5.91. The Kier molecular flexibility index (Phi) is 4.84. The molecule has 4 rings (SSSR count). The molecule has 5 nitrogen and oxygen atoms in total. The van der Waals surface area contributed by atoms with Crippen molar-refractivity contribution < 1.29 is 4.79 Å². The van der Waals surface area contributed by atoms with Crippen LogP contribution in [0.5, 0.6) is 0 Å². The first-order valence-corrected chi connectivity index (χ1v) is 9.78. The summed E-state index contributed by atoms with van der Waals surface area (Å²) < 4.78 is 2.21. The second kappa shape index (κ2) is 7.41. The number of pyridine rings is 1. The molecule has 1 aliphatic rings. The highest BCUT2D eigenvalue weighted by atomic mass is 32.1. The number of piperidine rings is 1. The van der Waals surface area contributed by atoms with Gasteiger partial charge in [-0.05, 0) is 43.5 Å². The Hall–Kier alpha value is -2.47. The molecule has 134 valence electrons. The van der Waals surface area contributed by atoms with Crippen LogP contribution in [-0.2, 0) is 6.54 Å². The molecule has 6 heteroatoms. The van der Waals surface area contributed by atoms with Gasteiger partial charge in [0.05, 0.1) is 11.4 Å². The van der Waals surface area contributed by atoms with Gasteiger partial charge in [-0.1, -0.05) is 6.07 Å². The Bertz CT molecular complexity index is 878. The van der Waals surface area contributed by atoms with Gasteiger partial charge in [0.2, 0.25) is 0 Å². The minimum atomic E-state index is 0.167. The molecule has 26 heavy (non-hydrogen) atoms. The summed E-state index contributed by atoms with van der Waals surface area (Å²) in [6.45, 7) is 4.41. The van der Waals surface area contributed by atoms with Gasteiger partial charge in [-0.15, -0.1) is 11.3 Å². The van der Waals surface area contributed by atoms with E-state index < -0.39 is 0 Å². The number of hydrogen-bond acceptors (Lipinski definition) is 4. The van der Waals surface area contributed by atoms with Crippen LogP contribution in [0.25, 0.3) is 0 Å². The molecule has 1 fully saturated rings. The summed E-state index contributed by atoms with van der Waals surface area (Å²) >= 11 is 1.58. The maximum absolute atomic E-state index is 12.6. The Balaban J connectivity index is 1.41. The fourth-order valence-corrected chi connectivity index (χ4v) is 4.38. The largest absolute Gasteiger partial charge is 0.338 e. The highest BCUT2D eigenvalue weighted by molar-refractivity contribution is 7.13. The highest BCUT2D eigenvalue weighted by Gasteiger charge is 2.27. The SMILES string of the molecule is Cc1ccc(C(=O)N2CCC(c3nccn3Cc3cccnc3)CC2)s1. The lowest BCUT2D eigenvalue weighted by atomic mass is 9.95. The lowest BCUT2D eigenvalue weighted by molar-refractivity contribution is 0.0715. The van der Waals surface area contributed by atoms with Gasteiger partial charge in [0.15, 0.2) is 0 Å². The number of aryl methyl sites for hydroxylation is 1. The van der Waals surface area contributed by atoms with E-state index in [4.69, 9.17) is 0 Å². The van der Waals surface area contributed by atoms with Crippen LogP contribution in [0.15, 0.2) is 49.1 Å². The Labute approximate surface area is 157 Å². The van der Waals surface area contributed by atoms with E-state index in [1.165, 1.54) is 10.4 Å². The highest BCUT2D eigenvalue weighted by Crippen LogP contribution is 2.29. The van der Waals surface area contributed by atoms with E-state index in [1.54, 1.807) is 17.5 Å². The standard InChI is InChI=1S/C20H22N4OS/c1-15-4-5-18(26-15)20(25)23-10-6-17(7-11-23)19-22-9-12-24(19)14-16-3-2-8-21-13-16/h2-5,8-9,12-13,17H,6-7,10-11,14H2,1H3. The molecule has 3 aromatic heterocycles. The molecular formula is C20H22N4OS. The number of carbonyl (C=O) groups is 1. The topological polar surface area (TPSA) is 51.0 Å². The molecule has 3 aromatic rings. The zero-order valence-corrected chi connectivity index (χ0v) is 15.7. The molecule has 0 unspecified atom stereocenters. The number of carbonyl (C=O) groups excluding carboxylic acids is 1. The number of aromatic nitrogens is 3. The molecule has 4 heterocycles. The third kappa shape index (κ3) is 3.55. The number of likely N-dealkylation sites (tertiary alicyclic amines) is 1. The van der Waals surface area contributed by atoms with Gasteiger partial charge in [-0.25, -0.2) is 4.98 Å². The van der Waals surface area contributed by atoms with E-state index in [2.05, 4.69) is 20.6 Å². The van der Waals surface area contributed by atoms with E-state index in [1.807, 2.05) is 48.6 Å². The molecule has 1 saturated heterocycles. The summed E-state index contributed by atoms with van der Waals surface area (Å²) in [7, 11) is 0. The van der Waals surface area contributed by atoms with Crippen molar-refractivity contribution in [3.8, 4) is 0 Å². The number of thiophene rings is 1. The summed E-state index contributed by atoms with van der Waals surface area (Å²) in [6.07, 6.45) is 9.51. The summed E-state index contributed by atoms with van der Waals surface area (Å²) in [4.78, 5) is 25.4. The predicted octanol–water partition coefficient (Wildman–Crippen LogP) is 3.72. The minimum Gasteiger partial charge on any atom is -0.338 e. The zero-order chi connectivity index (χ0) is 17.9. The fourth-order valence-electron chi connectivity index (χ4n) is 3.55. The monoisotopic (exact) mass is 366 g/mol. The zero-order valence-electron chi connectivity index (χ0n) is 14.8. The fraction of sp³-hybridized carbons (Fsp3) is 0.350. The van der Waals surface area contributed by atoms with Crippen molar-refractivity contribution in [2.75, 3.05) is 13.1 Å². The van der Waals surface area contributed by atoms with Gasteiger partial charge in [-0.2, -0.15) is 0 Å². The Morgan fingerprint density at radius 3 is 2.77 bits per heavy atom. The van der Waals surface area contributed by atoms with Crippen molar-refractivity contribution in [1.82, 2.24) is 19.4 Å². The van der Waals surface area contributed by atoms with Gasteiger partial charge in [0.25, 0.3) is 5.91 Å². The summed E-state index contributed by atoms with van der Waals surface area (Å²) in [5.41, 5.74) is 1.17. The second-order valence-electron chi connectivity index (χ2n) is 6.75. The van der Waals surface area contributed by atoms with Crippen LogP contribution in [0.2, 0.25) is 0 Å². The maximum Gasteiger partial charge on any atom is 0.263 e. The van der Waals surface area contributed by atoms with Crippen molar-refractivity contribution >= 4 is 17.2 Å². The van der Waals surface area contributed by atoms with Gasteiger partial charge in [-0.3, -0.25) is 9.78 Å². The molecule has 0 bridgehead atoms. The van der Waals surface area contributed by atoms with E-state index in [9.17, 15) is 4.79 Å². The first-order valence-electron chi connectivity index (χ1n) is 8.96. The minimum absolute atomic E-state index is 0.167. The van der Waals surface area contributed by atoms with Gasteiger partial charge in [0.1, 0.15) is 5.82 Å². The average molecular weight is 366 g/mol. The molecule has 0 N–H and O–H groups in total. The van der Waals surface area contributed by atoms with Crippen molar-refractivity contribution in [1.29, 1.82) is 0 Å². The van der Waals surface area contributed by atoms with Crippen LogP contribution in [0.3, 0.4) is 0 Å². The number of amides is 1. The second-order valence-corrected chi connectivity index (χ2v) is 8.04.